The van der Waals surface area contributed by atoms with Gasteiger partial charge in [-0.3, -0.25) is 9.59 Å². The molecule has 146 valence electrons. The summed E-state index contributed by atoms with van der Waals surface area (Å²) in [5.74, 6) is 0.646. The number of nitrogens with zero attached hydrogens (tertiary/aromatic N) is 2. The van der Waals surface area contributed by atoms with Crippen LogP contribution in [0.3, 0.4) is 0 Å². The standard InChI is InChI=1S/C24H28N2O2/c1-17-8-9-18(2)21(12-17)13-23(27)26-15-19-10-11-22(26)16-25(14-19)24(28)20-6-4-3-5-7-20/h3-9,12,19,22H,10-11,13-16H2,1-2H3/t19-,22+/m0/s1. The van der Waals surface area contributed by atoms with Gasteiger partial charge < -0.3 is 9.80 Å². The minimum absolute atomic E-state index is 0.0846. The summed E-state index contributed by atoms with van der Waals surface area (Å²) in [5.41, 5.74) is 4.20. The lowest BCUT2D eigenvalue weighted by Gasteiger charge is -2.36. The fourth-order valence-corrected chi connectivity index (χ4v) is 4.57. The van der Waals surface area contributed by atoms with Gasteiger partial charge in [0, 0.05) is 31.2 Å². The monoisotopic (exact) mass is 376 g/mol. The minimum Gasteiger partial charge on any atom is -0.337 e. The summed E-state index contributed by atoms with van der Waals surface area (Å²) in [4.78, 5) is 30.1. The molecule has 3 aliphatic rings. The molecule has 3 aliphatic heterocycles. The molecule has 2 amide bonds. The van der Waals surface area contributed by atoms with E-state index in [1.54, 1.807) is 0 Å². The number of amides is 2. The van der Waals surface area contributed by atoms with E-state index in [4.69, 9.17) is 0 Å². The van der Waals surface area contributed by atoms with Gasteiger partial charge in [-0.1, -0.05) is 42.0 Å². The molecule has 3 saturated heterocycles. The first-order valence-electron chi connectivity index (χ1n) is 10.2. The van der Waals surface area contributed by atoms with Crippen LogP contribution in [0.2, 0.25) is 0 Å². The normalized spacial score (nSPS) is 21.5. The van der Waals surface area contributed by atoms with E-state index in [1.165, 1.54) is 11.1 Å². The van der Waals surface area contributed by atoms with Gasteiger partial charge in [0.05, 0.1) is 6.42 Å². The van der Waals surface area contributed by atoms with Crippen LogP contribution in [0.15, 0.2) is 48.5 Å². The maximum absolute atomic E-state index is 13.1. The van der Waals surface area contributed by atoms with Crippen molar-refractivity contribution < 1.29 is 9.59 Å². The summed E-state index contributed by atoms with van der Waals surface area (Å²) in [6, 6.07) is 15.9. The lowest BCUT2D eigenvalue weighted by molar-refractivity contribution is -0.134. The van der Waals surface area contributed by atoms with Crippen molar-refractivity contribution in [1.29, 1.82) is 0 Å². The lowest BCUT2D eigenvalue weighted by Crippen LogP contribution is -2.48. The van der Waals surface area contributed by atoms with Crippen molar-refractivity contribution in [3.8, 4) is 0 Å². The number of rotatable bonds is 3. The average molecular weight is 377 g/mol. The first-order valence-corrected chi connectivity index (χ1v) is 10.2. The zero-order valence-corrected chi connectivity index (χ0v) is 16.7. The molecule has 5 rings (SSSR count). The fourth-order valence-electron chi connectivity index (χ4n) is 4.57. The molecule has 0 radical (unpaired) electrons. The zero-order valence-electron chi connectivity index (χ0n) is 16.7. The molecule has 2 bridgehead atoms. The van der Waals surface area contributed by atoms with E-state index in [0.717, 1.165) is 37.1 Å². The van der Waals surface area contributed by atoms with Crippen LogP contribution >= 0.6 is 0 Å². The predicted octanol–water partition coefficient (Wildman–Crippen LogP) is 3.61. The molecule has 2 aromatic carbocycles. The number of carbonyl (C=O) groups is 2. The summed E-state index contributed by atoms with van der Waals surface area (Å²) in [6.07, 6.45) is 2.53. The van der Waals surface area contributed by atoms with Crippen LogP contribution in [-0.4, -0.2) is 47.3 Å². The van der Waals surface area contributed by atoms with E-state index in [9.17, 15) is 9.59 Å². The highest BCUT2D eigenvalue weighted by Gasteiger charge is 2.38. The van der Waals surface area contributed by atoms with Gasteiger partial charge in [0.1, 0.15) is 0 Å². The molecule has 0 saturated carbocycles. The highest BCUT2D eigenvalue weighted by atomic mass is 16.2. The molecule has 0 unspecified atom stereocenters. The van der Waals surface area contributed by atoms with Crippen molar-refractivity contribution in [1.82, 2.24) is 9.80 Å². The predicted molar refractivity (Wildman–Crippen MR) is 110 cm³/mol. The molecular formula is C24H28N2O2. The van der Waals surface area contributed by atoms with Crippen molar-refractivity contribution in [2.24, 2.45) is 5.92 Å². The van der Waals surface area contributed by atoms with Crippen LogP contribution in [0.1, 0.15) is 39.9 Å². The Bertz CT molecular complexity index is 877. The van der Waals surface area contributed by atoms with E-state index in [1.807, 2.05) is 40.1 Å². The van der Waals surface area contributed by atoms with Crippen molar-refractivity contribution in [3.63, 3.8) is 0 Å². The Morgan fingerprint density at radius 2 is 1.75 bits per heavy atom. The molecule has 4 heteroatoms. The highest BCUT2D eigenvalue weighted by molar-refractivity contribution is 5.94. The molecule has 0 spiro atoms. The molecule has 2 atom stereocenters. The number of fused-ring (bicyclic) bond motifs is 4. The minimum atomic E-state index is 0.0846. The second-order valence-corrected chi connectivity index (χ2v) is 8.33. The quantitative estimate of drug-likeness (QED) is 0.821. The number of hydrogen-bond donors (Lipinski definition) is 0. The summed E-state index contributed by atoms with van der Waals surface area (Å²) >= 11 is 0. The topological polar surface area (TPSA) is 40.6 Å². The van der Waals surface area contributed by atoms with Gasteiger partial charge in [-0.05, 0) is 55.9 Å². The first-order chi connectivity index (χ1) is 13.5. The number of aryl methyl sites for hydroxylation is 2. The Balaban J connectivity index is 1.49. The maximum Gasteiger partial charge on any atom is 0.253 e. The third-order valence-corrected chi connectivity index (χ3v) is 6.19. The average Bonchev–Trinajstić information content (AvgIpc) is 3.03. The van der Waals surface area contributed by atoms with E-state index in [-0.39, 0.29) is 17.9 Å². The lowest BCUT2D eigenvalue weighted by atomic mass is 9.94. The smallest absolute Gasteiger partial charge is 0.253 e. The second kappa shape index (κ2) is 7.78. The van der Waals surface area contributed by atoms with Crippen LogP contribution in [-0.2, 0) is 11.2 Å². The van der Waals surface area contributed by atoms with Crippen LogP contribution in [0.5, 0.6) is 0 Å². The maximum atomic E-state index is 13.1. The third kappa shape index (κ3) is 3.82. The van der Waals surface area contributed by atoms with Crippen LogP contribution < -0.4 is 0 Å². The van der Waals surface area contributed by atoms with Crippen LogP contribution in [0, 0.1) is 19.8 Å². The third-order valence-electron chi connectivity index (χ3n) is 6.19. The summed E-state index contributed by atoms with van der Waals surface area (Å²) in [7, 11) is 0. The number of benzene rings is 2. The summed E-state index contributed by atoms with van der Waals surface area (Å²) in [5, 5.41) is 0. The Morgan fingerprint density at radius 1 is 0.964 bits per heavy atom. The molecule has 28 heavy (non-hydrogen) atoms. The molecule has 0 aliphatic carbocycles. The van der Waals surface area contributed by atoms with E-state index >= 15 is 0 Å². The Hall–Kier alpha value is -2.62. The van der Waals surface area contributed by atoms with E-state index in [2.05, 4.69) is 32.0 Å². The number of hydrogen-bond acceptors (Lipinski definition) is 2. The SMILES string of the molecule is Cc1ccc(C)c(CC(=O)N2C[C@H]3CC[C@@H]2CN(C(=O)c2ccccc2)C3)c1. The van der Waals surface area contributed by atoms with Crippen LogP contribution in [0.25, 0.3) is 0 Å². The van der Waals surface area contributed by atoms with Gasteiger partial charge in [-0.2, -0.15) is 0 Å². The molecule has 0 aromatic heterocycles. The molecule has 0 N–H and O–H groups in total. The number of piperidine rings is 1. The van der Waals surface area contributed by atoms with Crippen LogP contribution in [0.4, 0.5) is 0 Å². The van der Waals surface area contributed by atoms with Gasteiger partial charge >= 0.3 is 0 Å². The fraction of sp³-hybridized carbons (Fsp3) is 0.417. The highest BCUT2D eigenvalue weighted by Crippen LogP contribution is 2.29. The summed E-state index contributed by atoms with van der Waals surface area (Å²) in [6.45, 7) is 6.29. The zero-order chi connectivity index (χ0) is 19.7. The summed E-state index contributed by atoms with van der Waals surface area (Å²) < 4.78 is 0. The molecule has 4 nitrogen and oxygen atoms in total. The van der Waals surface area contributed by atoms with E-state index in [0.29, 0.717) is 18.9 Å². The first kappa shape index (κ1) is 18.7. The molecular weight excluding hydrogens is 348 g/mol. The van der Waals surface area contributed by atoms with Gasteiger partial charge in [0.15, 0.2) is 0 Å². The second-order valence-electron chi connectivity index (χ2n) is 8.33. The van der Waals surface area contributed by atoms with Gasteiger partial charge in [0.25, 0.3) is 5.91 Å². The Morgan fingerprint density at radius 3 is 2.54 bits per heavy atom. The van der Waals surface area contributed by atoms with Crippen molar-refractivity contribution in [2.45, 2.75) is 39.2 Å². The Kier molecular flexibility index (Phi) is 5.21. The van der Waals surface area contributed by atoms with Crippen molar-refractivity contribution in [2.75, 3.05) is 19.6 Å². The Labute approximate surface area is 167 Å². The molecule has 3 heterocycles. The van der Waals surface area contributed by atoms with Crippen molar-refractivity contribution >= 4 is 11.8 Å². The molecule has 3 fully saturated rings. The van der Waals surface area contributed by atoms with Crippen molar-refractivity contribution in [3.05, 3.63) is 70.8 Å². The van der Waals surface area contributed by atoms with Gasteiger partial charge in [0.2, 0.25) is 5.91 Å². The van der Waals surface area contributed by atoms with Gasteiger partial charge in [-0.25, -0.2) is 0 Å². The number of carbonyl (C=O) groups excluding carboxylic acids is 2. The van der Waals surface area contributed by atoms with E-state index < -0.39 is 0 Å². The van der Waals surface area contributed by atoms with Gasteiger partial charge in [-0.15, -0.1) is 0 Å². The largest absolute Gasteiger partial charge is 0.337 e. The molecule has 2 aromatic rings.